The molecule has 2 amide bonds. The van der Waals surface area contributed by atoms with E-state index >= 15 is 0 Å². The number of imide groups is 1. The van der Waals surface area contributed by atoms with E-state index in [4.69, 9.17) is 4.74 Å². The molecule has 0 spiro atoms. The Bertz CT molecular complexity index is 461. The third-order valence-corrected chi connectivity index (χ3v) is 2.48. The molecule has 0 saturated heterocycles. The largest absolute Gasteiger partial charge is 0.482 e. The number of amides is 2. The van der Waals surface area contributed by atoms with Crippen molar-refractivity contribution in [1.29, 1.82) is 0 Å². The minimum atomic E-state index is -0.609. The number of hydrogen-bond acceptors (Lipinski definition) is 4. The van der Waals surface area contributed by atoms with Gasteiger partial charge in [0.25, 0.3) is 11.1 Å². The van der Waals surface area contributed by atoms with Crippen LogP contribution < -0.4 is 15.0 Å². The molecule has 0 fully saturated rings. The third kappa shape index (κ3) is 1.71. The average molecular weight is 238 g/mol. The van der Waals surface area contributed by atoms with E-state index in [1.165, 1.54) is 0 Å². The molecule has 2 rings (SSSR count). The van der Waals surface area contributed by atoms with Crippen LogP contribution in [0.25, 0.3) is 0 Å². The zero-order valence-electron chi connectivity index (χ0n) is 8.56. The molecule has 16 heavy (non-hydrogen) atoms. The van der Waals surface area contributed by atoms with Crippen LogP contribution in [0.3, 0.4) is 0 Å². The summed E-state index contributed by atoms with van der Waals surface area (Å²) < 4.78 is 5.21. The van der Waals surface area contributed by atoms with Crippen LogP contribution in [0.4, 0.5) is 16.2 Å². The summed E-state index contributed by atoms with van der Waals surface area (Å²) in [6.45, 7) is -0.141. The van der Waals surface area contributed by atoms with Crippen LogP contribution in [-0.2, 0) is 4.79 Å². The van der Waals surface area contributed by atoms with Gasteiger partial charge in [-0.05, 0) is 18.2 Å². The first-order valence-electron chi connectivity index (χ1n) is 4.64. The lowest BCUT2D eigenvalue weighted by Gasteiger charge is -2.26. The monoisotopic (exact) mass is 238 g/mol. The van der Waals surface area contributed by atoms with Gasteiger partial charge in [-0.2, -0.15) is 0 Å². The Hall–Kier alpha value is -1.69. The van der Waals surface area contributed by atoms with Gasteiger partial charge in [0.05, 0.1) is 5.69 Å². The van der Waals surface area contributed by atoms with Gasteiger partial charge in [0.1, 0.15) is 5.75 Å². The molecule has 0 aliphatic carbocycles. The minimum absolute atomic E-state index is 0.141. The van der Waals surface area contributed by atoms with Crippen molar-refractivity contribution in [3.8, 4) is 5.75 Å². The topological polar surface area (TPSA) is 58.6 Å². The zero-order valence-corrected chi connectivity index (χ0v) is 9.45. The van der Waals surface area contributed by atoms with Crippen molar-refractivity contribution < 1.29 is 14.3 Å². The minimum Gasteiger partial charge on any atom is -0.482 e. The summed E-state index contributed by atoms with van der Waals surface area (Å²) in [6, 6.07) is 5.17. The summed E-state index contributed by atoms with van der Waals surface area (Å²) in [6.07, 6.45) is 0. The Morgan fingerprint density at radius 3 is 2.94 bits per heavy atom. The quantitative estimate of drug-likeness (QED) is 0.728. The van der Waals surface area contributed by atoms with Crippen molar-refractivity contribution in [2.24, 2.45) is 0 Å². The van der Waals surface area contributed by atoms with Crippen molar-refractivity contribution in [2.75, 3.05) is 23.9 Å². The molecule has 0 saturated carbocycles. The van der Waals surface area contributed by atoms with Crippen LogP contribution in [0.1, 0.15) is 0 Å². The fourth-order valence-electron chi connectivity index (χ4n) is 1.52. The summed E-state index contributed by atoms with van der Waals surface area (Å²) in [5, 5.41) is 2.31. The average Bonchev–Trinajstić information content (AvgIpc) is 2.27. The van der Waals surface area contributed by atoms with Crippen molar-refractivity contribution in [1.82, 2.24) is 0 Å². The third-order valence-electron chi connectivity index (χ3n) is 2.28. The van der Waals surface area contributed by atoms with Gasteiger partial charge < -0.3 is 10.1 Å². The lowest BCUT2D eigenvalue weighted by atomic mass is 10.2. The van der Waals surface area contributed by atoms with Gasteiger partial charge in [0.15, 0.2) is 6.61 Å². The molecule has 1 aromatic rings. The molecule has 0 unspecified atom stereocenters. The number of ether oxygens (including phenoxy) is 1. The molecule has 6 heteroatoms. The van der Waals surface area contributed by atoms with E-state index in [1.54, 1.807) is 25.2 Å². The number of thiol groups is 1. The second-order valence-electron chi connectivity index (χ2n) is 3.23. The van der Waals surface area contributed by atoms with Gasteiger partial charge in [0, 0.05) is 12.7 Å². The molecule has 1 aliphatic rings. The van der Waals surface area contributed by atoms with Gasteiger partial charge >= 0.3 is 0 Å². The maximum atomic E-state index is 11.5. The first kappa shape index (κ1) is 10.8. The standard InChI is InChI=1S/C10H10N2O3S/c1-11-6-2-3-8-7(4-6)12(10(14)16)9(13)5-15-8/h2-4,11H,5H2,1H3,(H,14,16). The maximum Gasteiger partial charge on any atom is 0.290 e. The molecule has 1 heterocycles. The van der Waals surface area contributed by atoms with Gasteiger partial charge in [-0.15, -0.1) is 0 Å². The number of fused-ring (bicyclic) bond motifs is 1. The summed E-state index contributed by atoms with van der Waals surface area (Å²) >= 11 is 3.68. The Kier molecular flexibility index (Phi) is 2.74. The molecular formula is C10H10N2O3S. The number of hydrogen-bond donors (Lipinski definition) is 2. The number of anilines is 2. The molecule has 84 valence electrons. The molecule has 1 aromatic carbocycles. The van der Waals surface area contributed by atoms with Gasteiger partial charge in [-0.1, -0.05) is 12.6 Å². The Morgan fingerprint density at radius 2 is 2.31 bits per heavy atom. The van der Waals surface area contributed by atoms with Crippen molar-refractivity contribution in [3.63, 3.8) is 0 Å². The summed E-state index contributed by atoms with van der Waals surface area (Å²) in [4.78, 5) is 23.8. The Morgan fingerprint density at radius 1 is 1.56 bits per heavy atom. The van der Waals surface area contributed by atoms with Gasteiger partial charge in [-0.25, -0.2) is 4.90 Å². The second kappa shape index (κ2) is 4.05. The van der Waals surface area contributed by atoms with E-state index < -0.39 is 11.1 Å². The molecule has 5 nitrogen and oxygen atoms in total. The smallest absolute Gasteiger partial charge is 0.290 e. The maximum absolute atomic E-state index is 11.5. The van der Waals surface area contributed by atoms with Crippen LogP contribution in [-0.4, -0.2) is 24.8 Å². The van der Waals surface area contributed by atoms with E-state index in [-0.39, 0.29) is 6.61 Å². The van der Waals surface area contributed by atoms with Gasteiger partial charge in [-0.3, -0.25) is 9.59 Å². The predicted octanol–water partition coefficient (Wildman–Crippen LogP) is 1.50. The first-order valence-corrected chi connectivity index (χ1v) is 5.08. The SMILES string of the molecule is CNc1ccc2c(c1)N(C(=O)S)C(=O)CO2. The van der Waals surface area contributed by atoms with Crippen LogP contribution >= 0.6 is 12.6 Å². The number of carbonyl (C=O) groups excluding carboxylic acids is 2. The molecule has 0 atom stereocenters. The van der Waals surface area contributed by atoms with Crippen LogP contribution in [0.15, 0.2) is 18.2 Å². The molecule has 0 aromatic heterocycles. The highest BCUT2D eigenvalue weighted by Crippen LogP contribution is 2.35. The molecule has 1 N–H and O–H groups in total. The summed E-state index contributed by atoms with van der Waals surface area (Å²) in [7, 11) is 1.75. The van der Waals surface area contributed by atoms with E-state index in [0.29, 0.717) is 11.4 Å². The second-order valence-corrected chi connectivity index (χ2v) is 3.62. The highest BCUT2D eigenvalue weighted by Gasteiger charge is 2.29. The number of nitrogens with one attached hydrogen (secondary N) is 1. The van der Waals surface area contributed by atoms with Crippen molar-refractivity contribution >= 4 is 35.1 Å². The highest BCUT2D eigenvalue weighted by molar-refractivity contribution is 7.97. The van der Waals surface area contributed by atoms with E-state index in [0.717, 1.165) is 10.6 Å². The summed E-state index contributed by atoms with van der Waals surface area (Å²) in [5.41, 5.74) is 1.21. The number of rotatable bonds is 1. The first-order chi connectivity index (χ1) is 7.63. The Labute approximate surface area is 97.8 Å². The predicted molar refractivity (Wildman–Crippen MR) is 63.4 cm³/mol. The van der Waals surface area contributed by atoms with E-state index in [9.17, 15) is 9.59 Å². The van der Waals surface area contributed by atoms with Crippen molar-refractivity contribution in [3.05, 3.63) is 18.2 Å². The van der Waals surface area contributed by atoms with Crippen LogP contribution in [0, 0.1) is 0 Å². The Balaban J connectivity index is 2.52. The normalized spacial score (nSPS) is 14.1. The van der Waals surface area contributed by atoms with E-state index in [2.05, 4.69) is 17.9 Å². The molecule has 1 aliphatic heterocycles. The van der Waals surface area contributed by atoms with Crippen molar-refractivity contribution in [2.45, 2.75) is 0 Å². The molecule has 0 bridgehead atoms. The number of benzene rings is 1. The molecule has 0 radical (unpaired) electrons. The zero-order chi connectivity index (χ0) is 11.7. The number of nitrogens with zero attached hydrogens (tertiary/aromatic N) is 1. The van der Waals surface area contributed by atoms with Gasteiger partial charge in [0.2, 0.25) is 0 Å². The molecular weight excluding hydrogens is 228 g/mol. The fraction of sp³-hybridized carbons (Fsp3) is 0.200. The van der Waals surface area contributed by atoms with Crippen LogP contribution in [0.5, 0.6) is 5.75 Å². The van der Waals surface area contributed by atoms with Crippen LogP contribution in [0.2, 0.25) is 0 Å². The van der Waals surface area contributed by atoms with E-state index in [1.807, 2.05) is 0 Å². The lowest BCUT2D eigenvalue weighted by Crippen LogP contribution is -2.40. The fourth-order valence-corrected chi connectivity index (χ4v) is 1.74. The number of carbonyl (C=O) groups is 2. The highest BCUT2D eigenvalue weighted by atomic mass is 32.1. The summed E-state index contributed by atoms with van der Waals surface area (Å²) in [5.74, 6) is 0.0850. The lowest BCUT2D eigenvalue weighted by molar-refractivity contribution is -0.120.